The van der Waals surface area contributed by atoms with Crippen LogP contribution in [0.2, 0.25) is 0 Å². The molecule has 1 aromatic carbocycles. The van der Waals surface area contributed by atoms with E-state index in [2.05, 4.69) is 27.2 Å². The van der Waals surface area contributed by atoms with E-state index in [9.17, 15) is 0 Å². The molecule has 1 saturated heterocycles. The summed E-state index contributed by atoms with van der Waals surface area (Å²) in [5.74, 6) is 1.87. The van der Waals surface area contributed by atoms with Crippen LogP contribution in [0, 0.1) is 0 Å². The zero-order chi connectivity index (χ0) is 14.7. The summed E-state index contributed by atoms with van der Waals surface area (Å²) < 4.78 is 5.68. The van der Waals surface area contributed by atoms with E-state index in [0.29, 0.717) is 12.6 Å². The van der Waals surface area contributed by atoms with E-state index in [-0.39, 0.29) is 0 Å². The Bertz CT molecular complexity index is 587. The number of hydrogen-bond acceptors (Lipinski definition) is 4. The molecule has 2 heterocycles. The molecule has 21 heavy (non-hydrogen) atoms. The molecule has 5 heteroatoms. The smallest absolute Gasteiger partial charge is 0.150 e. The molecule has 3 rings (SSSR count). The molecule has 0 aliphatic carbocycles. The minimum absolute atomic E-state index is 0.332. The third-order valence-corrected chi connectivity index (χ3v) is 3.91. The van der Waals surface area contributed by atoms with Gasteiger partial charge in [0.1, 0.15) is 5.75 Å². The van der Waals surface area contributed by atoms with Gasteiger partial charge in [-0.3, -0.25) is 5.10 Å². The van der Waals surface area contributed by atoms with Gasteiger partial charge in [-0.05, 0) is 31.9 Å². The number of H-pyrrole nitrogens is 1. The molecule has 0 unspecified atom stereocenters. The SMILES string of the molecule is CCOc1ccccc1-c1cc(N2CCC(N)CC2)n[nH]1. The summed E-state index contributed by atoms with van der Waals surface area (Å²) >= 11 is 0. The maximum Gasteiger partial charge on any atom is 0.150 e. The molecule has 112 valence electrons. The van der Waals surface area contributed by atoms with Gasteiger partial charge >= 0.3 is 0 Å². The fourth-order valence-corrected chi connectivity index (χ4v) is 2.71. The maximum absolute atomic E-state index is 5.95. The molecule has 0 spiro atoms. The van der Waals surface area contributed by atoms with Crippen LogP contribution >= 0.6 is 0 Å². The van der Waals surface area contributed by atoms with Gasteiger partial charge in [-0.2, -0.15) is 5.10 Å². The van der Waals surface area contributed by atoms with Gasteiger partial charge < -0.3 is 15.4 Å². The number of nitrogens with two attached hydrogens (primary N) is 1. The molecule has 5 nitrogen and oxygen atoms in total. The predicted molar refractivity (Wildman–Crippen MR) is 84.6 cm³/mol. The van der Waals surface area contributed by atoms with Gasteiger partial charge in [0.25, 0.3) is 0 Å². The second-order valence-electron chi connectivity index (χ2n) is 5.39. The lowest BCUT2D eigenvalue weighted by Gasteiger charge is -2.29. The van der Waals surface area contributed by atoms with Crippen LogP contribution < -0.4 is 15.4 Å². The van der Waals surface area contributed by atoms with Crippen molar-refractivity contribution in [2.24, 2.45) is 5.73 Å². The summed E-state index contributed by atoms with van der Waals surface area (Å²) in [4.78, 5) is 2.28. The Balaban J connectivity index is 1.82. The molecule has 1 aromatic heterocycles. The topological polar surface area (TPSA) is 67.2 Å². The van der Waals surface area contributed by atoms with Crippen LogP contribution in [0.15, 0.2) is 30.3 Å². The Morgan fingerprint density at radius 2 is 2.10 bits per heavy atom. The number of ether oxygens (including phenoxy) is 1. The van der Waals surface area contributed by atoms with Crippen LogP contribution in [-0.2, 0) is 0 Å². The molecule has 0 bridgehead atoms. The number of benzene rings is 1. The van der Waals surface area contributed by atoms with Crippen LogP contribution in [0.1, 0.15) is 19.8 Å². The largest absolute Gasteiger partial charge is 0.493 e. The minimum atomic E-state index is 0.332. The summed E-state index contributed by atoms with van der Waals surface area (Å²) in [7, 11) is 0. The summed E-state index contributed by atoms with van der Waals surface area (Å²) in [6, 6.07) is 10.5. The van der Waals surface area contributed by atoms with E-state index in [1.54, 1.807) is 0 Å². The Hall–Kier alpha value is -2.01. The van der Waals surface area contributed by atoms with Gasteiger partial charge in [0.15, 0.2) is 5.82 Å². The Morgan fingerprint density at radius 3 is 2.86 bits per heavy atom. The zero-order valence-corrected chi connectivity index (χ0v) is 12.4. The summed E-state index contributed by atoms with van der Waals surface area (Å²) in [6.07, 6.45) is 2.05. The summed E-state index contributed by atoms with van der Waals surface area (Å²) in [5.41, 5.74) is 7.99. The molecule has 3 N–H and O–H groups in total. The van der Waals surface area contributed by atoms with Crippen molar-refractivity contribution in [2.75, 3.05) is 24.6 Å². The van der Waals surface area contributed by atoms with Gasteiger partial charge in [0, 0.05) is 30.8 Å². The molecule has 1 fully saturated rings. The molecule has 0 amide bonds. The number of aromatic nitrogens is 2. The van der Waals surface area contributed by atoms with Gasteiger partial charge in [0.05, 0.1) is 12.3 Å². The van der Waals surface area contributed by atoms with Crippen LogP contribution in [0.5, 0.6) is 5.75 Å². The fraction of sp³-hybridized carbons (Fsp3) is 0.438. The molecule has 0 atom stereocenters. The number of nitrogens with one attached hydrogen (secondary N) is 1. The average molecular weight is 286 g/mol. The first kappa shape index (κ1) is 13.9. The lowest BCUT2D eigenvalue weighted by Crippen LogP contribution is -2.39. The summed E-state index contributed by atoms with van der Waals surface area (Å²) in [6.45, 7) is 4.59. The van der Waals surface area contributed by atoms with Crippen molar-refractivity contribution >= 4 is 5.82 Å². The first-order chi connectivity index (χ1) is 10.3. The van der Waals surface area contributed by atoms with E-state index >= 15 is 0 Å². The van der Waals surface area contributed by atoms with Crippen molar-refractivity contribution in [3.8, 4) is 17.0 Å². The van der Waals surface area contributed by atoms with E-state index in [0.717, 1.165) is 48.8 Å². The van der Waals surface area contributed by atoms with Crippen LogP contribution in [0.25, 0.3) is 11.3 Å². The maximum atomic E-state index is 5.95. The van der Waals surface area contributed by atoms with Crippen molar-refractivity contribution in [1.29, 1.82) is 0 Å². The van der Waals surface area contributed by atoms with E-state index < -0.39 is 0 Å². The number of rotatable bonds is 4. The van der Waals surface area contributed by atoms with Crippen molar-refractivity contribution in [3.05, 3.63) is 30.3 Å². The zero-order valence-electron chi connectivity index (χ0n) is 12.4. The van der Waals surface area contributed by atoms with Gasteiger partial charge in [-0.15, -0.1) is 0 Å². The molecular formula is C16H22N4O. The standard InChI is InChI=1S/C16H22N4O/c1-2-21-15-6-4-3-5-13(15)14-11-16(19-18-14)20-9-7-12(17)8-10-20/h3-6,11-12H,2,7-10,17H2,1H3,(H,18,19). The third-order valence-electron chi connectivity index (χ3n) is 3.91. The summed E-state index contributed by atoms with van der Waals surface area (Å²) in [5, 5.41) is 7.57. The van der Waals surface area contributed by atoms with Gasteiger partial charge in [0.2, 0.25) is 0 Å². The average Bonchev–Trinajstić information content (AvgIpc) is 2.99. The molecular weight excluding hydrogens is 264 g/mol. The van der Waals surface area contributed by atoms with Crippen molar-refractivity contribution in [3.63, 3.8) is 0 Å². The number of aromatic amines is 1. The first-order valence-corrected chi connectivity index (χ1v) is 7.56. The number of anilines is 1. The molecule has 1 aliphatic rings. The molecule has 2 aromatic rings. The van der Waals surface area contributed by atoms with Crippen molar-refractivity contribution in [1.82, 2.24) is 10.2 Å². The highest BCUT2D eigenvalue weighted by Gasteiger charge is 2.19. The second kappa shape index (κ2) is 6.18. The van der Waals surface area contributed by atoms with Crippen molar-refractivity contribution in [2.45, 2.75) is 25.8 Å². The Labute approximate surface area is 125 Å². The number of piperidine rings is 1. The van der Waals surface area contributed by atoms with Crippen LogP contribution in [0.3, 0.4) is 0 Å². The Kier molecular flexibility index (Phi) is 4.10. The first-order valence-electron chi connectivity index (χ1n) is 7.56. The van der Waals surface area contributed by atoms with E-state index in [1.807, 2.05) is 25.1 Å². The number of nitrogens with zero attached hydrogens (tertiary/aromatic N) is 2. The highest BCUT2D eigenvalue weighted by atomic mass is 16.5. The monoisotopic (exact) mass is 286 g/mol. The number of para-hydroxylation sites is 1. The fourth-order valence-electron chi connectivity index (χ4n) is 2.71. The lowest BCUT2D eigenvalue weighted by molar-refractivity contribution is 0.341. The lowest BCUT2D eigenvalue weighted by atomic mass is 10.1. The molecule has 0 radical (unpaired) electrons. The predicted octanol–water partition coefficient (Wildman–Crippen LogP) is 2.40. The minimum Gasteiger partial charge on any atom is -0.493 e. The quantitative estimate of drug-likeness (QED) is 0.905. The molecule has 0 saturated carbocycles. The van der Waals surface area contributed by atoms with Gasteiger partial charge in [-0.1, -0.05) is 12.1 Å². The third kappa shape index (κ3) is 3.03. The van der Waals surface area contributed by atoms with Gasteiger partial charge in [-0.25, -0.2) is 0 Å². The molecule has 1 aliphatic heterocycles. The highest BCUT2D eigenvalue weighted by molar-refractivity contribution is 5.69. The van der Waals surface area contributed by atoms with E-state index in [4.69, 9.17) is 10.5 Å². The number of hydrogen-bond donors (Lipinski definition) is 2. The highest BCUT2D eigenvalue weighted by Crippen LogP contribution is 2.30. The normalized spacial score (nSPS) is 16.2. The Morgan fingerprint density at radius 1 is 1.33 bits per heavy atom. The van der Waals surface area contributed by atoms with Crippen LogP contribution in [0.4, 0.5) is 5.82 Å². The van der Waals surface area contributed by atoms with Crippen LogP contribution in [-0.4, -0.2) is 35.9 Å². The van der Waals surface area contributed by atoms with E-state index in [1.165, 1.54) is 0 Å². The second-order valence-corrected chi connectivity index (χ2v) is 5.39. The van der Waals surface area contributed by atoms with Crippen molar-refractivity contribution < 1.29 is 4.74 Å².